The van der Waals surface area contributed by atoms with E-state index in [1.54, 1.807) is 18.0 Å². The predicted molar refractivity (Wildman–Crippen MR) is 101 cm³/mol. The van der Waals surface area contributed by atoms with Gasteiger partial charge in [-0.2, -0.15) is 13.2 Å². The Morgan fingerprint density at radius 2 is 1.65 bits per heavy atom. The van der Waals surface area contributed by atoms with E-state index in [9.17, 15) is 18.0 Å². The number of nitrogens with zero attached hydrogens (tertiary/aromatic N) is 1. The minimum Gasteiger partial charge on any atom is -0.342 e. The Hall–Kier alpha value is -1.78. The van der Waals surface area contributed by atoms with Crippen LogP contribution in [0.3, 0.4) is 0 Å². The number of carbonyl (C=O) groups excluding carboxylic acids is 1. The number of hydrogen-bond donors (Lipinski definition) is 0. The molecular weight excluding hydrogens is 339 g/mol. The van der Waals surface area contributed by atoms with E-state index in [0.717, 1.165) is 25.0 Å². The van der Waals surface area contributed by atoms with Crippen molar-refractivity contribution in [2.24, 2.45) is 0 Å². The maximum Gasteiger partial charge on any atom is 0.416 e. The third-order valence-electron chi connectivity index (χ3n) is 4.36. The second kappa shape index (κ2) is 11.8. The average molecular weight is 369 g/mol. The van der Waals surface area contributed by atoms with Crippen LogP contribution in [0.4, 0.5) is 13.2 Å². The highest BCUT2D eigenvalue weighted by atomic mass is 19.4. The largest absolute Gasteiger partial charge is 0.416 e. The molecule has 0 saturated carbocycles. The zero-order chi connectivity index (χ0) is 19.4. The molecule has 1 amide bonds. The fourth-order valence-corrected chi connectivity index (χ4v) is 2.71. The molecule has 0 spiro atoms. The summed E-state index contributed by atoms with van der Waals surface area (Å²) in [6.45, 7) is 2.87. The van der Waals surface area contributed by atoms with E-state index in [1.165, 1.54) is 56.7 Å². The summed E-state index contributed by atoms with van der Waals surface area (Å²) in [6.07, 6.45) is 8.00. The van der Waals surface area contributed by atoms with Gasteiger partial charge in [0, 0.05) is 19.7 Å². The predicted octanol–water partition coefficient (Wildman–Crippen LogP) is 6.32. The van der Waals surface area contributed by atoms with Crippen LogP contribution in [0.1, 0.15) is 69.4 Å². The van der Waals surface area contributed by atoms with Gasteiger partial charge >= 0.3 is 6.18 Å². The second-order valence-electron chi connectivity index (χ2n) is 6.69. The third kappa shape index (κ3) is 9.07. The van der Waals surface area contributed by atoms with Crippen molar-refractivity contribution in [1.82, 2.24) is 4.90 Å². The van der Waals surface area contributed by atoms with Crippen molar-refractivity contribution in [2.75, 3.05) is 13.6 Å². The molecule has 0 N–H and O–H groups in total. The number of alkyl halides is 3. The quantitative estimate of drug-likeness (QED) is 0.330. The van der Waals surface area contributed by atoms with E-state index in [-0.39, 0.29) is 5.91 Å². The number of amides is 1. The van der Waals surface area contributed by atoms with Gasteiger partial charge in [0.25, 0.3) is 0 Å². The molecule has 5 heteroatoms. The minimum absolute atomic E-state index is 0.189. The van der Waals surface area contributed by atoms with Crippen LogP contribution < -0.4 is 0 Å². The lowest BCUT2D eigenvalue weighted by Crippen LogP contribution is -2.25. The molecule has 1 aromatic rings. The maximum absolute atomic E-state index is 12.7. The van der Waals surface area contributed by atoms with Crippen LogP contribution in [0, 0.1) is 0 Å². The zero-order valence-corrected chi connectivity index (χ0v) is 15.8. The first-order valence-electron chi connectivity index (χ1n) is 9.45. The number of benzene rings is 1. The van der Waals surface area contributed by atoms with Crippen LogP contribution in [-0.4, -0.2) is 24.4 Å². The maximum atomic E-state index is 12.7. The van der Waals surface area contributed by atoms with E-state index < -0.39 is 11.7 Å². The fraction of sp³-hybridized carbons (Fsp3) is 0.571. The van der Waals surface area contributed by atoms with Gasteiger partial charge in [0.2, 0.25) is 5.91 Å². The summed E-state index contributed by atoms with van der Waals surface area (Å²) < 4.78 is 38.1. The van der Waals surface area contributed by atoms with Crippen molar-refractivity contribution >= 4 is 12.0 Å². The van der Waals surface area contributed by atoms with Crippen molar-refractivity contribution < 1.29 is 18.0 Å². The highest BCUT2D eigenvalue weighted by Crippen LogP contribution is 2.29. The zero-order valence-electron chi connectivity index (χ0n) is 15.8. The van der Waals surface area contributed by atoms with Gasteiger partial charge < -0.3 is 4.90 Å². The standard InChI is InChI=1S/C21H30F3NO/c1-3-4-5-6-7-8-9-10-16-25(2)20(26)15-14-18-12-11-13-19(17-18)21(22,23)24/h11-15,17H,3-10,16H2,1-2H3/b15-14+. The Bertz CT molecular complexity index is 567. The topological polar surface area (TPSA) is 20.3 Å². The monoisotopic (exact) mass is 369 g/mol. The van der Waals surface area contributed by atoms with Crippen LogP contribution in [0.5, 0.6) is 0 Å². The van der Waals surface area contributed by atoms with Gasteiger partial charge in [-0.25, -0.2) is 0 Å². The summed E-state index contributed by atoms with van der Waals surface area (Å²) in [4.78, 5) is 13.7. The first kappa shape index (κ1) is 22.3. The number of likely N-dealkylation sites (N-methyl/N-ethyl adjacent to an activating group) is 1. The number of hydrogen-bond acceptors (Lipinski definition) is 1. The number of unbranched alkanes of at least 4 members (excludes halogenated alkanes) is 7. The third-order valence-corrected chi connectivity index (χ3v) is 4.36. The summed E-state index contributed by atoms with van der Waals surface area (Å²) in [5.41, 5.74) is -0.340. The Kier molecular flexibility index (Phi) is 10.1. The van der Waals surface area contributed by atoms with E-state index in [2.05, 4.69) is 6.92 Å². The lowest BCUT2D eigenvalue weighted by Gasteiger charge is -2.14. The molecule has 0 aliphatic carbocycles. The van der Waals surface area contributed by atoms with Crippen LogP contribution >= 0.6 is 0 Å². The first-order chi connectivity index (χ1) is 12.3. The van der Waals surface area contributed by atoms with Gasteiger partial charge in [0.15, 0.2) is 0 Å². The normalized spacial score (nSPS) is 11.9. The average Bonchev–Trinajstić information content (AvgIpc) is 2.61. The number of halogens is 3. The van der Waals surface area contributed by atoms with Crippen molar-refractivity contribution in [1.29, 1.82) is 0 Å². The van der Waals surface area contributed by atoms with Gasteiger partial charge in [-0.15, -0.1) is 0 Å². The van der Waals surface area contributed by atoms with E-state index in [0.29, 0.717) is 12.1 Å². The Balaban J connectivity index is 2.32. The van der Waals surface area contributed by atoms with Crippen molar-refractivity contribution in [2.45, 2.75) is 64.5 Å². The van der Waals surface area contributed by atoms with Gasteiger partial charge in [-0.05, 0) is 30.2 Å². The van der Waals surface area contributed by atoms with Crippen LogP contribution in [0.15, 0.2) is 30.3 Å². The van der Waals surface area contributed by atoms with Crippen molar-refractivity contribution in [3.8, 4) is 0 Å². The van der Waals surface area contributed by atoms with Gasteiger partial charge in [0.05, 0.1) is 5.56 Å². The van der Waals surface area contributed by atoms with Crippen molar-refractivity contribution in [3.05, 3.63) is 41.5 Å². The highest BCUT2D eigenvalue weighted by Gasteiger charge is 2.30. The molecule has 0 aromatic heterocycles. The molecule has 2 nitrogen and oxygen atoms in total. The van der Waals surface area contributed by atoms with Gasteiger partial charge in [-0.3, -0.25) is 4.79 Å². The molecule has 0 fully saturated rings. The first-order valence-corrected chi connectivity index (χ1v) is 9.45. The molecular formula is C21H30F3NO. The molecule has 146 valence electrons. The van der Waals surface area contributed by atoms with E-state index in [4.69, 9.17) is 0 Å². The smallest absolute Gasteiger partial charge is 0.342 e. The SMILES string of the molecule is CCCCCCCCCCN(C)C(=O)/C=C/c1cccc(C(F)(F)F)c1. The molecule has 0 aliphatic heterocycles. The molecule has 0 radical (unpaired) electrons. The fourth-order valence-electron chi connectivity index (χ4n) is 2.71. The Labute approximate surface area is 155 Å². The molecule has 0 heterocycles. The molecule has 0 aliphatic rings. The Morgan fingerprint density at radius 1 is 1.04 bits per heavy atom. The van der Waals surface area contributed by atoms with E-state index >= 15 is 0 Å². The highest BCUT2D eigenvalue weighted by molar-refractivity contribution is 5.91. The molecule has 0 saturated heterocycles. The summed E-state index contributed by atoms with van der Waals surface area (Å²) in [5.74, 6) is -0.189. The molecule has 26 heavy (non-hydrogen) atoms. The summed E-state index contributed by atoms with van der Waals surface area (Å²) in [6, 6.07) is 4.96. The molecule has 0 unspecified atom stereocenters. The van der Waals surface area contributed by atoms with Crippen LogP contribution in [0.2, 0.25) is 0 Å². The molecule has 1 aromatic carbocycles. The second-order valence-corrected chi connectivity index (χ2v) is 6.69. The summed E-state index contributed by atoms with van der Waals surface area (Å²) >= 11 is 0. The lowest BCUT2D eigenvalue weighted by atomic mass is 10.1. The number of carbonyl (C=O) groups is 1. The summed E-state index contributed by atoms with van der Waals surface area (Å²) in [7, 11) is 1.72. The Morgan fingerprint density at radius 3 is 2.27 bits per heavy atom. The molecule has 0 atom stereocenters. The minimum atomic E-state index is -4.37. The van der Waals surface area contributed by atoms with Gasteiger partial charge in [-0.1, -0.05) is 64.0 Å². The van der Waals surface area contributed by atoms with Gasteiger partial charge in [0.1, 0.15) is 0 Å². The van der Waals surface area contributed by atoms with E-state index in [1.807, 2.05) is 0 Å². The van der Waals surface area contributed by atoms with Crippen molar-refractivity contribution in [3.63, 3.8) is 0 Å². The lowest BCUT2D eigenvalue weighted by molar-refractivity contribution is -0.137. The summed E-state index contributed by atoms with van der Waals surface area (Å²) in [5, 5.41) is 0. The molecule has 0 bridgehead atoms. The number of rotatable bonds is 11. The van der Waals surface area contributed by atoms with Crippen LogP contribution in [0.25, 0.3) is 6.08 Å². The van der Waals surface area contributed by atoms with Crippen LogP contribution in [-0.2, 0) is 11.0 Å². The molecule has 1 rings (SSSR count).